The van der Waals surface area contributed by atoms with Crippen LogP contribution in [0.5, 0.6) is 0 Å². The first-order valence-corrected chi connectivity index (χ1v) is 6.47. The highest BCUT2D eigenvalue weighted by Gasteiger charge is 2.29. The number of carboxylic acid groups (broad SMARTS) is 1. The van der Waals surface area contributed by atoms with Gasteiger partial charge in [-0.25, -0.2) is 4.39 Å². The average molecular weight is 302 g/mol. The van der Waals surface area contributed by atoms with E-state index in [1.54, 1.807) is 20.8 Å². The number of nitrogens with one attached hydrogen (secondary N) is 1. The molecule has 1 aromatic rings. The van der Waals surface area contributed by atoms with Crippen LogP contribution in [0.3, 0.4) is 0 Å². The molecule has 0 saturated heterocycles. The number of aliphatic carboxylic acids is 1. The van der Waals surface area contributed by atoms with Crippen molar-refractivity contribution in [3.8, 4) is 0 Å². The SMILES string of the molecule is CC(C)(C)C(CC(=O)O)NC(=O)c1cccc(Cl)c1F. The topological polar surface area (TPSA) is 66.4 Å². The highest BCUT2D eigenvalue weighted by Crippen LogP contribution is 2.23. The van der Waals surface area contributed by atoms with Crippen molar-refractivity contribution in [3.05, 3.63) is 34.6 Å². The van der Waals surface area contributed by atoms with Gasteiger partial charge in [-0.05, 0) is 17.5 Å². The zero-order valence-electron chi connectivity index (χ0n) is 11.5. The van der Waals surface area contributed by atoms with Gasteiger partial charge in [0, 0.05) is 6.04 Å². The third-order valence-corrected chi connectivity index (χ3v) is 3.22. The van der Waals surface area contributed by atoms with Crippen molar-refractivity contribution >= 4 is 23.5 Å². The van der Waals surface area contributed by atoms with Gasteiger partial charge in [-0.15, -0.1) is 0 Å². The van der Waals surface area contributed by atoms with E-state index in [2.05, 4.69) is 5.32 Å². The van der Waals surface area contributed by atoms with Crippen molar-refractivity contribution < 1.29 is 19.1 Å². The Hall–Kier alpha value is -1.62. The van der Waals surface area contributed by atoms with Gasteiger partial charge in [-0.1, -0.05) is 38.4 Å². The van der Waals surface area contributed by atoms with Crippen LogP contribution in [-0.4, -0.2) is 23.0 Å². The highest BCUT2D eigenvalue weighted by atomic mass is 35.5. The molecule has 0 aromatic heterocycles. The fourth-order valence-electron chi connectivity index (χ4n) is 1.66. The van der Waals surface area contributed by atoms with Crippen LogP contribution in [0.15, 0.2) is 18.2 Å². The van der Waals surface area contributed by atoms with Gasteiger partial charge < -0.3 is 10.4 Å². The van der Waals surface area contributed by atoms with Crippen LogP contribution in [0.25, 0.3) is 0 Å². The lowest BCUT2D eigenvalue weighted by Gasteiger charge is -2.30. The van der Waals surface area contributed by atoms with E-state index in [1.807, 2.05) is 0 Å². The van der Waals surface area contributed by atoms with E-state index in [-0.39, 0.29) is 17.0 Å². The maximum absolute atomic E-state index is 13.8. The summed E-state index contributed by atoms with van der Waals surface area (Å²) in [5.41, 5.74) is -0.666. The first-order chi connectivity index (χ1) is 9.12. The molecule has 2 N–H and O–H groups in total. The molecular formula is C14H17ClFNO3. The molecule has 0 aliphatic rings. The van der Waals surface area contributed by atoms with Crippen molar-refractivity contribution in [3.63, 3.8) is 0 Å². The lowest BCUT2D eigenvalue weighted by molar-refractivity contribution is -0.138. The quantitative estimate of drug-likeness (QED) is 0.898. The Labute approximate surface area is 121 Å². The van der Waals surface area contributed by atoms with E-state index in [4.69, 9.17) is 16.7 Å². The molecule has 0 heterocycles. The molecule has 1 aromatic carbocycles. The monoisotopic (exact) mass is 301 g/mol. The molecule has 0 saturated carbocycles. The molecule has 110 valence electrons. The molecule has 1 rings (SSSR count). The van der Waals surface area contributed by atoms with E-state index < -0.39 is 29.2 Å². The standard InChI is InChI=1S/C14H17ClFNO3/c1-14(2,3)10(7-11(18)19)17-13(20)8-5-4-6-9(15)12(8)16/h4-6,10H,7H2,1-3H3,(H,17,20)(H,18,19). The summed E-state index contributed by atoms with van der Waals surface area (Å²) in [6.45, 7) is 5.40. The fraction of sp³-hybridized carbons (Fsp3) is 0.429. The third kappa shape index (κ3) is 4.20. The molecule has 0 fully saturated rings. The Morgan fingerprint density at radius 2 is 2.00 bits per heavy atom. The number of carboxylic acids is 1. The molecule has 0 aliphatic heterocycles. The minimum atomic E-state index is -1.03. The second-order valence-corrected chi connectivity index (χ2v) is 6.00. The van der Waals surface area contributed by atoms with Gasteiger partial charge in [0.25, 0.3) is 5.91 Å². The van der Waals surface area contributed by atoms with Gasteiger partial charge in [0.05, 0.1) is 17.0 Å². The second kappa shape index (κ2) is 6.22. The van der Waals surface area contributed by atoms with Gasteiger partial charge >= 0.3 is 5.97 Å². The summed E-state index contributed by atoms with van der Waals surface area (Å²) in [5.74, 6) is -2.52. The number of benzene rings is 1. The maximum Gasteiger partial charge on any atom is 0.305 e. The van der Waals surface area contributed by atoms with Gasteiger partial charge in [0.2, 0.25) is 0 Å². The summed E-state index contributed by atoms with van der Waals surface area (Å²) < 4.78 is 13.8. The third-order valence-electron chi connectivity index (χ3n) is 2.93. The lowest BCUT2D eigenvalue weighted by atomic mass is 9.84. The molecule has 0 aliphatic carbocycles. The van der Waals surface area contributed by atoms with Crippen LogP contribution in [0.1, 0.15) is 37.6 Å². The predicted octanol–water partition coefficient (Wildman–Crippen LogP) is 3.10. The van der Waals surface area contributed by atoms with Crippen LogP contribution >= 0.6 is 11.6 Å². The highest BCUT2D eigenvalue weighted by molar-refractivity contribution is 6.31. The van der Waals surface area contributed by atoms with Crippen molar-refractivity contribution in [2.24, 2.45) is 5.41 Å². The number of carbonyl (C=O) groups is 2. The molecule has 1 atom stereocenters. The van der Waals surface area contributed by atoms with E-state index in [0.29, 0.717) is 0 Å². The van der Waals surface area contributed by atoms with E-state index in [9.17, 15) is 14.0 Å². The predicted molar refractivity (Wildman–Crippen MR) is 74.4 cm³/mol. The summed E-state index contributed by atoms with van der Waals surface area (Å²) in [4.78, 5) is 22.9. The van der Waals surface area contributed by atoms with Gasteiger partial charge in [0.1, 0.15) is 0 Å². The summed E-state index contributed by atoms with van der Waals surface area (Å²) in [6.07, 6.45) is -0.239. The Balaban J connectivity index is 2.96. The first-order valence-electron chi connectivity index (χ1n) is 6.09. The Kier molecular flexibility index (Phi) is 5.11. The minimum absolute atomic E-state index is 0.150. The second-order valence-electron chi connectivity index (χ2n) is 5.59. The Morgan fingerprint density at radius 3 is 2.50 bits per heavy atom. The largest absolute Gasteiger partial charge is 0.481 e. The van der Waals surface area contributed by atoms with Gasteiger partial charge in [0.15, 0.2) is 5.82 Å². The smallest absolute Gasteiger partial charge is 0.305 e. The van der Waals surface area contributed by atoms with E-state index in [1.165, 1.54) is 18.2 Å². The van der Waals surface area contributed by atoms with E-state index in [0.717, 1.165) is 0 Å². The van der Waals surface area contributed by atoms with Crippen LogP contribution in [-0.2, 0) is 4.79 Å². The van der Waals surface area contributed by atoms with Crippen LogP contribution in [0.2, 0.25) is 5.02 Å². The molecule has 0 radical (unpaired) electrons. The fourth-order valence-corrected chi connectivity index (χ4v) is 1.84. The maximum atomic E-state index is 13.8. The van der Waals surface area contributed by atoms with Crippen molar-refractivity contribution in [2.75, 3.05) is 0 Å². The molecule has 0 spiro atoms. The summed E-state index contributed by atoms with van der Waals surface area (Å²) in [7, 11) is 0. The summed E-state index contributed by atoms with van der Waals surface area (Å²) in [6, 6.07) is 3.48. The number of amides is 1. The van der Waals surface area contributed by atoms with E-state index >= 15 is 0 Å². The van der Waals surface area contributed by atoms with Crippen LogP contribution in [0, 0.1) is 11.2 Å². The number of halogens is 2. The van der Waals surface area contributed by atoms with Crippen LogP contribution < -0.4 is 5.32 Å². The molecular weight excluding hydrogens is 285 g/mol. The van der Waals surface area contributed by atoms with Crippen LogP contribution in [0.4, 0.5) is 4.39 Å². The molecule has 20 heavy (non-hydrogen) atoms. The molecule has 0 bridgehead atoms. The average Bonchev–Trinajstić information content (AvgIpc) is 2.30. The van der Waals surface area contributed by atoms with Crippen molar-refractivity contribution in [2.45, 2.75) is 33.2 Å². The first kappa shape index (κ1) is 16.4. The number of hydrogen-bond donors (Lipinski definition) is 2. The van der Waals surface area contributed by atoms with Crippen molar-refractivity contribution in [1.82, 2.24) is 5.32 Å². The molecule has 6 heteroatoms. The Morgan fingerprint density at radius 1 is 1.40 bits per heavy atom. The molecule has 4 nitrogen and oxygen atoms in total. The van der Waals surface area contributed by atoms with Crippen molar-refractivity contribution in [1.29, 1.82) is 0 Å². The Bertz CT molecular complexity index is 526. The van der Waals surface area contributed by atoms with Gasteiger partial charge in [-0.3, -0.25) is 9.59 Å². The number of hydrogen-bond acceptors (Lipinski definition) is 2. The summed E-state index contributed by atoms with van der Waals surface area (Å²) >= 11 is 5.62. The summed E-state index contributed by atoms with van der Waals surface area (Å²) in [5, 5.41) is 11.3. The zero-order valence-corrected chi connectivity index (χ0v) is 12.3. The molecule has 1 amide bonds. The normalized spacial score (nSPS) is 12.8. The number of carbonyl (C=O) groups excluding carboxylic acids is 1. The van der Waals surface area contributed by atoms with Gasteiger partial charge in [-0.2, -0.15) is 0 Å². The number of rotatable bonds is 4. The molecule has 1 unspecified atom stereocenters. The minimum Gasteiger partial charge on any atom is -0.481 e. The lowest BCUT2D eigenvalue weighted by Crippen LogP contribution is -2.45. The zero-order chi connectivity index (χ0) is 15.5.